The lowest BCUT2D eigenvalue weighted by atomic mass is 9.59. The molecule has 1 N–H and O–H groups in total. The van der Waals surface area contributed by atoms with E-state index in [1.54, 1.807) is 0 Å². The van der Waals surface area contributed by atoms with E-state index in [1.807, 2.05) is 38.1 Å². The predicted octanol–water partition coefficient (Wildman–Crippen LogP) is 7.45. The zero-order valence-corrected chi connectivity index (χ0v) is 25.7. The van der Waals surface area contributed by atoms with Gasteiger partial charge >= 0.3 is 0 Å². The number of benzene rings is 2. The lowest BCUT2D eigenvalue weighted by Crippen LogP contribution is -2.48. The van der Waals surface area contributed by atoms with Crippen LogP contribution in [-0.4, -0.2) is 39.7 Å². The summed E-state index contributed by atoms with van der Waals surface area (Å²) in [6.07, 6.45) is 7.92. The molecule has 2 aliphatic heterocycles. The number of rotatable bonds is 4. The number of carbonyl (C=O) groups excluding carboxylic acids is 1. The van der Waals surface area contributed by atoms with Gasteiger partial charge in [-0.05, 0) is 110 Å². The summed E-state index contributed by atoms with van der Waals surface area (Å²) in [7, 11) is 1.96. The minimum Gasteiger partial charge on any atom is -0.383 e. The standard InChI is InChI=1S/C38H38N4O2/c1-21(2)29-15-25(17-40-35(29)38(44)18-37(3,19-38)20-39)23-11-13-31-24(14-23)10-12-27-30-16-32(34(27)41-31)42(4)36(43)28-7-5-6-26(33(28)30)22-8-9-22/h5-7,11,13-15,17,22,27,30,32,44H,1,8-10,12,16,18-19H2,2-4H3/t27?,30-,32+,37?,38?/m0/s1. The molecule has 8 rings (SSSR count). The van der Waals surface area contributed by atoms with Gasteiger partial charge in [0.15, 0.2) is 0 Å². The van der Waals surface area contributed by atoms with Crippen LogP contribution in [0.5, 0.6) is 0 Å². The van der Waals surface area contributed by atoms with E-state index in [0.717, 1.165) is 52.8 Å². The van der Waals surface area contributed by atoms with E-state index >= 15 is 0 Å². The highest BCUT2D eigenvalue weighted by molar-refractivity contribution is 6.06. The van der Waals surface area contributed by atoms with Gasteiger partial charge in [-0.1, -0.05) is 24.8 Å². The third kappa shape index (κ3) is 4.05. The highest BCUT2D eigenvalue weighted by Gasteiger charge is 2.54. The van der Waals surface area contributed by atoms with Crippen molar-refractivity contribution in [1.82, 2.24) is 9.88 Å². The van der Waals surface area contributed by atoms with E-state index in [-0.39, 0.29) is 11.9 Å². The first-order valence-electron chi connectivity index (χ1n) is 16.0. The molecule has 2 bridgehead atoms. The summed E-state index contributed by atoms with van der Waals surface area (Å²) in [5.74, 6) is 1.37. The van der Waals surface area contributed by atoms with Gasteiger partial charge in [-0.3, -0.25) is 14.8 Å². The fourth-order valence-corrected chi connectivity index (χ4v) is 8.75. The number of aliphatic hydroxyl groups is 1. The smallest absolute Gasteiger partial charge is 0.254 e. The third-order valence-corrected chi connectivity index (χ3v) is 11.0. The summed E-state index contributed by atoms with van der Waals surface area (Å²) in [6, 6.07) is 17.3. The van der Waals surface area contributed by atoms with Crippen LogP contribution >= 0.6 is 0 Å². The van der Waals surface area contributed by atoms with E-state index in [2.05, 4.69) is 49.0 Å². The fraction of sp³-hybridized carbons (Fsp3) is 0.421. The number of carbonyl (C=O) groups is 1. The van der Waals surface area contributed by atoms with Gasteiger partial charge in [0.05, 0.1) is 28.9 Å². The molecule has 2 aromatic carbocycles. The number of aliphatic imine (C=N–C) groups is 1. The summed E-state index contributed by atoms with van der Waals surface area (Å²) in [5, 5.41) is 20.9. The van der Waals surface area contributed by atoms with Crippen LogP contribution in [0.3, 0.4) is 0 Å². The summed E-state index contributed by atoms with van der Waals surface area (Å²) >= 11 is 0. The SMILES string of the molecule is C=C(C)c1cc(-c2ccc3c(c2)CCC2C(=N3)[C@H]3C[C@@H]2c2c(cccc2C2CC2)C(=O)N3C)cnc1C1(O)CC(C)(C#N)C1. The van der Waals surface area contributed by atoms with Gasteiger partial charge in [-0.25, -0.2) is 0 Å². The summed E-state index contributed by atoms with van der Waals surface area (Å²) in [5.41, 5.74) is 9.68. The van der Waals surface area contributed by atoms with Crippen LogP contribution in [0.2, 0.25) is 0 Å². The van der Waals surface area contributed by atoms with Gasteiger partial charge < -0.3 is 10.0 Å². The Morgan fingerprint density at radius 1 is 1.11 bits per heavy atom. The largest absolute Gasteiger partial charge is 0.383 e. The number of nitriles is 1. The Morgan fingerprint density at radius 3 is 2.64 bits per heavy atom. The maximum Gasteiger partial charge on any atom is 0.254 e. The molecule has 0 saturated heterocycles. The molecule has 1 aromatic heterocycles. The van der Waals surface area contributed by atoms with Crippen molar-refractivity contribution < 1.29 is 9.90 Å². The average molecular weight is 583 g/mol. The first kappa shape index (κ1) is 27.5. The highest BCUT2D eigenvalue weighted by atomic mass is 16.3. The molecular weight excluding hydrogens is 544 g/mol. The molecule has 3 aliphatic carbocycles. The highest BCUT2D eigenvalue weighted by Crippen LogP contribution is 2.55. The number of nitrogens with zero attached hydrogens (tertiary/aromatic N) is 4. The van der Waals surface area contributed by atoms with E-state index in [1.165, 1.54) is 35.2 Å². The molecule has 0 radical (unpaired) electrons. The number of aromatic nitrogens is 1. The molecule has 222 valence electrons. The van der Waals surface area contributed by atoms with Crippen molar-refractivity contribution in [3.63, 3.8) is 0 Å². The molecular formula is C38H38N4O2. The predicted molar refractivity (Wildman–Crippen MR) is 172 cm³/mol. The monoisotopic (exact) mass is 582 g/mol. The first-order valence-corrected chi connectivity index (χ1v) is 16.0. The van der Waals surface area contributed by atoms with Crippen molar-refractivity contribution in [1.29, 1.82) is 5.26 Å². The van der Waals surface area contributed by atoms with Crippen LogP contribution in [0.25, 0.3) is 16.7 Å². The number of aryl methyl sites for hydroxylation is 1. The molecule has 44 heavy (non-hydrogen) atoms. The summed E-state index contributed by atoms with van der Waals surface area (Å²) < 4.78 is 0. The number of allylic oxidation sites excluding steroid dienone is 1. The molecule has 6 nitrogen and oxygen atoms in total. The van der Waals surface area contributed by atoms with Gasteiger partial charge in [-0.15, -0.1) is 0 Å². The lowest BCUT2D eigenvalue weighted by Gasteiger charge is -2.47. The zero-order chi connectivity index (χ0) is 30.5. The van der Waals surface area contributed by atoms with Crippen LogP contribution < -0.4 is 0 Å². The van der Waals surface area contributed by atoms with Crippen LogP contribution in [0.4, 0.5) is 5.69 Å². The quantitative estimate of drug-likeness (QED) is 0.346. The first-order chi connectivity index (χ1) is 21.1. The van der Waals surface area contributed by atoms with Gasteiger partial charge in [0, 0.05) is 54.4 Å². The van der Waals surface area contributed by atoms with Gasteiger partial charge in [-0.2, -0.15) is 5.26 Å². The zero-order valence-electron chi connectivity index (χ0n) is 25.7. The van der Waals surface area contributed by atoms with E-state index in [0.29, 0.717) is 36.3 Å². The molecule has 3 aromatic rings. The Bertz CT molecular complexity index is 1840. The van der Waals surface area contributed by atoms with Gasteiger partial charge in [0.25, 0.3) is 5.91 Å². The topological polar surface area (TPSA) is 89.6 Å². The van der Waals surface area contributed by atoms with Crippen molar-refractivity contribution in [2.24, 2.45) is 16.3 Å². The molecule has 6 heteroatoms. The lowest BCUT2D eigenvalue weighted by molar-refractivity contribution is -0.106. The number of hydrogen-bond donors (Lipinski definition) is 1. The molecule has 3 fully saturated rings. The van der Waals surface area contributed by atoms with Crippen LogP contribution in [-0.2, 0) is 12.0 Å². The molecule has 1 amide bonds. The summed E-state index contributed by atoms with van der Waals surface area (Å²) in [4.78, 5) is 25.8. The molecule has 0 spiro atoms. The van der Waals surface area contributed by atoms with Crippen LogP contribution in [0, 0.1) is 22.7 Å². The van der Waals surface area contributed by atoms with Crippen LogP contribution in [0.15, 0.2) is 60.2 Å². The number of hydrogen-bond acceptors (Lipinski definition) is 5. The molecule has 1 unspecified atom stereocenters. The van der Waals surface area contributed by atoms with Crippen molar-refractivity contribution in [2.75, 3.05) is 7.05 Å². The number of amides is 1. The van der Waals surface area contributed by atoms with E-state index in [4.69, 9.17) is 9.98 Å². The molecule has 3 heterocycles. The average Bonchev–Trinajstić information content (AvgIpc) is 3.83. The minimum atomic E-state index is -1.11. The van der Waals surface area contributed by atoms with E-state index < -0.39 is 11.0 Å². The van der Waals surface area contributed by atoms with Gasteiger partial charge in [0.2, 0.25) is 0 Å². The Morgan fingerprint density at radius 2 is 1.91 bits per heavy atom. The number of fused-ring (bicyclic) bond motifs is 8. The van der Waals surface area contributed by atoms with Crippen molar-refractivity contribution in [3.8, 4) is 17.2 Å². The number of pyridine rings is 1. The third-order valence-electron chi connectivity index (χ3n) is 11.0. The van der Waals surface area contributed by atoms with Crippen molar-refractivity contribution in [3.05, 3.63) is 88.8 Å². The Kier molecular flexibility index (Phi) is 5.90. The normalized spacial score (nSPS) is 30.2. The maximum absolute atomic E-state index is 13.7. The summed E-state index contributed by atoms with van der Waals surface area (Å²) in [6.45, 7) is 8.01. The molecule has 3 atom stereocenters. The second-order valence-corrected chi connectivity index (χ2v) is 14.3. The Balaban J connectivity index is 1.14. The van der Waals surface area contributed by atoms with Gasteiger partial charge in [0.1, 0.15) is 5.60 Å². The van der Waals surface area contributed by atoms with Crippen LogP contribution in [0.1, 0.15) is 103 Å². The minimum absolute atomic E-state index is 0.0256. The Labute approximate surface area is 259 Å². The molecule has 5 aliphatic rings. The Hall–Kier alpha value is -4.08. The maximum atomic E-state index is 13.7. The molecule has 3 saturated carbocycles. The van der Waals surface area contributed by atoms with Crippen molar-refractivity contribution >= 4 is 22.9 Å². The van der Waals surface area contributed by atoms with E-state index in [9.17, 15) is 15.2 Å². The second kappa shape index (κ2) is 9.46. The second-order valence-electron chi connectivity index (χ2n) is 14.3. The van der Waals surface area contributed by atoms with Crippen molar-refractivity contribution in [2.45, 2.75) is 82.3 Å². The fourth-order valence-electron chi connectivity index (χ4n) is 8.75.